The topological polar surface area (TPSA) is 65.4 Å². The largest absolute Gasteiger partial charge is 0.464 e. The average Bonchev–Trinajstić information content (AvgIpc) is 2.88. The number of aromatic nitrogens is 2. The summed E-state index contributed by atoms with van der Waals surface area (Å²) in [5, 5.41) is 3.26. The van der Waals surface area contributed by atoms with Gasteiger partial charge in [0, 0.05) is 13.1 Å². The van der Waals surface area contributed by atoms with Crippen LogP contribution in [0.1, 0.15) is 31.7 Å². The molecule has 6 heteroatoms. The molecular weight excluding hydrogens is 234 g/mol. The lowest BCUT2D eigenvalue weighted by Crippen LogP contribution is -2.35. The van der Waals surface area contributed by atoms with Crippen LogP contribution in [0, 0.1) is 0 Å². The van der Waals surface area contributed by atoms with E-state index in [-0.39, 0.29) is 18.1 Å². The number of morpholine rings is 1. The fourth-order valence-electron chi connectivity index (χ4n) is 2.02. The van der Waals surface area contributed by atoms with E-state index in [1.54, 1.807) is 26.4 Å². The highest BCUT2D eigenvalue weighted by Gasteiger charge is 2.24. The van der Waals surface area contributed by atoms with Crippen molar-refractivity contribution in [2.24, 2.45) is 0 Å². The molecule has 2 rings (SSSR count). The summed E-state index contributed by atoms with van der Waals surface area (Å²) in [4.78, 5) is 15.9. The van der Waals surface area contributed by atoms with Crippen molar-refractivity contribution in [1.82, 2.24) is 14.9 Å². The molecule has 1 N–H and O–H groups in total. The van der Waals surface area contributed by atoms with Crippen LogP contribution in [0.5, 0.6) is 0 Å². The monoisotopic (exact) mass is 253 g/mol. The van der Waals surface area contributed by atoms with Gasteiger partial charge in [0.2, 0.25) is 0 Å². The van der Waals surface area contributed by atoms with Crippen LogP contribution in [-0.2, 0) is 14.3 Å². The van der Waals surface area contributed by atoms with Gasteiger partial charge in [-0.2, -0.15) is 0 Å². The highest BCUT2D eigenvalue weighted by Crippen LogP contribution is 2.22. The lowest BCUT2D eigenvalue weighted by Gasteiger charge is -2.25. The molecule has 100 valence electrons. The lowest BCUT2D eigenvalue weighted by molar-refractivity contribution is -0.146. The zero-order chi connectivity index (χ0) is 13.0. The summed E-state index contributed by atoms with van der Waals surface area (Å²) in [6, 6.07) is -0.382. The zero-order valence-corrected chi connectivity index (χ0v) is 10.8. The van der Waals surface area contributed by atoms with Crippen LogP contribution in [-0.4, -0.2) is 41.8 Å². The van der Waals surface area contributed by atoms with Gasteiger partial charge in [-0.15, -0.1) is 0 Å². The highest BCUT2D eigenvalue weighted by molar-refractivity contribution is 5.73. The summed E-state index contributed by atoms with van der Waals surface area (Å²) in [7, 11) is 0. The van der Waals surface area contributed by atoms with Gasteiger partial charge in [-0.1, -0.05) is 0 Å². The van der Waals surface area contributed by atoms with Gasteiger partial charge in [-0.05, 0) is 13.8 Å². The molecule has 2 heterocycles. The van der Waals surface area contributed by atoms with Gasteiger partial charge in [-0.3, -0.25) is 0 Å². The van der Waals surface area contributed by atoms with Gasteiger partial charge >= 0.3 is 5.97 Å². The number of nitrogens with zero attached hydrogens (tertiary/aromatic N) is 2. The smallest absolute Gasteiger partial charge is 0.328 e. The molecule has 1 aromatic heterocycles. The Bertz CT molecular complexity index is 399. The molecule has 18 heavy (non-hydrogen) atoms. The third kappa shape index (κ3) is 2.70. The predicted octanol–water partition coefficient (Wildman–Crippen LogP) is 0.668. The van der Waals surface area contributed by atoms with Crippen molar-refractivity contribution in [2.75, 3.05) is 26.3 Å². The van der Waals surface area contributed by atoms with E-state index in [1.807, 2.05) is 4.57 Å². The number of ether oxygens (including phenoxy) is 2. The van der Waals surface area contributed by atoms with E-state index in [4.69, 9.17) is 9.47 Å². The Morgan fingerprint density at radius 2 is 2.61 bits per heavy atom. The SMILES string of the molecule is CCOC(=O)C(C)n1cncc1C1CNCCO1. The molecule has 1 aliphatic heterocycles. The second-order valence-corrected chi connectivity index (χ2v) is 4.22. The molecule has 0 aliphatic carbocycles. The van der Waals surface area contributed by atoms with Gasteiger partial charge < -0.3 is 19.4 Å². The summed E-state index contributed by atoms with van der Waals surface area (Å²) in [5.74, 6) is -0.250. The zero-order valence-electron chi connectivity index (χ0n) is 10.8. The van der Waals surface area contributed by atoms with Crippen molar-refractivity contribution in [1.29, 1.82) is 0 Å². The fourth-order valence-corrected chi connectivity index (χ4v) is 2.02. The Labute approximate surface area is 106 Å². The number of hydrogen-bond acceptors (Lipinski definition) is 5. The third-order valence-electron chi connectivity index (χ3n) is 3.00. The summed E-state index contributed by atoms with van der Waals surface area (Å²) in [6.45, 7) is 6.25. The van der Waals surface area contributed by atoms with Crippen LogP contribution < -0.4 is 5.32 Å². The lowest BCUT2D eigenvalue weighted by atomic mass is 10.2. The summed E-state index contributed by atoms with van der Waals surface area (Å²) in [5.41, 5.74) is 0.905. The first-order chi connectivity index (χ1) is 8.74. The number of rotatable bonds is 4. The van der Waals surface area contributed by atoms with Crippen LogP contribution in [0.3, 0.4) is 0 Å². The average molecular weight is 253 g/mol. The quantitative estimate of drug-likeness (QED) is 0.799. The van der Waals surface area contributed by atoms with E-state index in [0.29, 0.717) is 13.2 Å². The van der Waals surface area contributed by atoms with Gasteiger partial charge in [0.25, 0.3) is 0 Å². The summed E-state index contributed by atoms with van der Waals surface area (Å²) >= 11 is 0. The van der Waals surface area contributed by atoms with Crippen LogP contribution in [0.15, 0.2) is 12.5 Å². The second kappa shape index (κ2) is 5.97. The van der Waals surface area contributed by atoms with Crippen LogP contribution in [0.4, 0.5) is 0 Å². The fraction of sp³-hybridized carbons (Fsp3) is 0.667. The Kier molecular flexibility index (Phi) is 4.33. The van der Waals surface area contributed by atoms with E-state index in [2.05, 4.69) is 10.3 Å². The Morgan fingerprint density at radius 1 is 1.78 bits per heavy atom. The Morgan fingerprint density at radius 3 is 3.28 bits per heavy atom. The highest BCUT2D eigenvalue weighted by atomic mass is 16.5. The van der Waals surface area contributed by atoms with E-state index in [0.717, 1.165) is 18.8 Å². The maximum Gasteiger partial charge on any atom is 0.328 e. The molecule has 1 fully saturated rings. The van der Waals surface area contributed by atoms with Crippen molar-refractivity contribution >= 4 is 5.97 Å². The Hall–Kier alpha value is -1.40. The molecule has 0 saturated carbocycles. The number of carbonyl (C=O) groups is 1. The molecule has 2 atom stereocenters. The van der Waals surface area contributed by atoms with Crippen molar-refractivity contribution in [3.63, 3.8) is 0 Å². The number of hydrogen-bond donors (Lipinski definition) is 1. The summed E-state index contributed by atoms with van der Waals surface area (Å²) < 4.78 is 12.5. The molecule has 0 spiro atoms. The molecule has 1 saturated heterocycles. The van der Waals surface area contributed by atoms with E-state index < -0.39 is 0 Å². The van der Waals surface area contributed by atoms with Crippen molar-refractivity contribution in [2.45, 2.75) is 26.0 Å². The van der Waals surface area contributed by atoms with Crippen LogP contribution in [0.2, 0.25) is 0 Å². The molecule has 0 radical (unpaired) electrons. The van der Waals surface area contributed by atoms with Crippen LogP contribution >= 0.6 is 0 Å². The number of esters is 1. The molecule has 0 amide bonds. The van der Waals surface area contributed by atoms with E-state index in [9.17, 15) is 4.79 Å². The minimum absolute atomic E-state index is 0.0573. The summed E-state index contributed by atoms with van der Waals surface area (Å²) in [6.07, 6.45) is 3.33. The predicted molar refractivity (Wildman–Crippen MR) is 65.1 cm³/mol. The molecule has 0 aromatic carbocycles. The standard InChI is InChI=1S/C12H19N3O3/c1-3-17-12(16)9(2)15-8-14-6-10(15)11-7-13-4-5-18-11/h6,8-9,11,13H,3-5,7H2,1-2H3. The number of imidazole rings is 1. The van der Waals surface area contributed by atoms with Crippen molar-refractivity contribution in [3.8, 4) is 0 Å². The third-order valence-corrected chi connectivity index (χ3v) is 3.00. The maximum atomic E-state index is 11.7. The van der Waals surface area contributed by atoms with Crippen LogP contribution in [0.25, 0.3) is 0 Å². The van der Waals surface area contributed by atoms with Gasteiger partial charge in [0.05, 0.1) is 31.4 Å². The molecule has 6 nitrogen and oxygen atoms in total. The molecule has 1 aromatic rings. The van der Waals surface area contributed by atoms with Gasteiger partial charge in [-0.25, -0.2) is 9.78 Å². The van der Waals surface area contributed by atoms with E-state index >= 15 is 0 Å². The second-order valence-electron chi connectivity index (χ2n) is 4.22. The number of nitrogens with one attached hydrogen (secondary N) is 1. The normalized spacial score (nSPS) is 21.6. The molecular formula is C12H19N3O3. The van der Waals surface area contributed by atoms with Gasteiger partial charge in [0.15, 0.2) is 0 Å². The number of carbonyl (C=O) groups excluding carboxylic acids is 1. The Balaban J connectivity index is 2.13. The van der Waals surface area contributed by atoms with E-state index in [1.165, 1.54) is 0 Å². The molecule has 0 bridgehead atoms. The van der Waals surface area contributed by atoms with Gasteiger partial charge in [0.1, 0.15) is 12.1 Å². The molecule has 1 aliphatic rings. The minimum Gasteiger partial charge on any atom is -0.464 e. The van der Waals surface area contributed by atoms with Crippen molar-refractivity contribution < 1.29 is 14.3 Å². The van der Waals surface area contributed by atoms with Crippen molar-refractivity contribution in [3.05, 3.63) is 18.2 Å². The maximum absolute atomic E-state index is 11.7. The first-order valence-corrected chi connectivity index (χ1v) is 6.24. The first kappa shape index (κ1) is 13.0. The molecule has 2 unspecified atom stereocenters. The minimum atomic E-state index is -0.382. The first-order valence-electron chi connectivity index (χ1n) is 6.24.